The lowest BCUT2D eigenvalue weighted by atomic mass is 9.95. The summed E-state index contributed by atoms with van der Waals surface area (Å²) in [6.07, 6.45) is 0.00409. The van der Waals surface area contributed by atoms with Crippen LogP contribution in [-0.4, -0.2) is 11.1 Å². The number of halogens is 1. The Morgan fingerprint density at radius 3 is 2.47 bits per heavy atom. The van der Waals surface area contributed by atoms with Gasteiger partial charge in [-0.15, -0.1) is 0 Å². The summed E-state index contributed by atoms with van der Waals surface area (Å²) in [5.41, 5.74) is 2.06. The fourth-order valence-corrected chi connectivity index (χ4v) is 2.07. The molecule has 1 unspecified atom stereocenters. The molecule has 2 aromatic carbocycles. The van der Waals surface area contributed by atoms with E-state index < -0.39 is 5.97 Å². The van der Waals surface area contributed by atoms with Gasteiger partial charge >= 0.3 is 5.97 Å². The quantitative estimate of drug-likeness (QED) is 0.897. The van der Waals surface area contributed by atoms with E-state index in [9.17, 15) is 9.18 Å². The van der Waals surface area contributed by atoms with E-state index in [-0.39, 0.29) is 18.2 Å². The van der Waals surface area contributed by atoms with Crippen LogP contribution in [0.25, 0.3) is 11.1 Å². The van der Waals surface area contributed by atoms with Gasteiger partial charge in [0, 0.05) is 5.56 Å². The molecule has 0 heterocycles. The molecule has 0 aromatic heterocycles. The van der Waals surface area contributed by atoms with Crippen molar-refractivity contribution in [3.63, 3.8) is 0 Å². The third kappa shape index (κ3) is 3.19. The van der Waals surface area contributed by atoms with Gasteiger partial charge in [0.2, 0.25) is 0 Å². The van der Waals surface area contributed by atoms with Gasteiger partial charge < -0.3 is 5.11 Å². The van der Waals surface area contributed by atoms with E-state index in [0.29, 0.717) is 11.1 Å². The van der Waals surface area contributed by atoms with Gasteiger partial charge in [-0.25, -0.2) is 4.39 Å². The molecule has 0 spiro atoms. The highest BCUT2D eigenvalue weighted by molar-refractivity contribution is 5.68. The summed E-state index contributed by atoms with van der Waals surface area (Å²) in [5.74, 6) is -1.39. The number of rotatable bonds is 4. The number of carboxylic acids is 1. The summed E-state index contributed by atoms with van der Waals surface area (Å²) in [4.78, 5) is 10.7. The van der Waals surface area contributed by atoms with Crippen LogP contribution < -0.4 is 0 Å². The van der Waals surface area contributed by atoms with Crippen molar-refractivity contribution in [1.82, 2.24) is 0 Å². The molecule has 0 saturated carbocycles. The third-order valence-corrected chi connectivity index (χ3v) is 3.13. The van der Waals surface area contributed by atoms with Crippen LogP contribution in [0.3, 0.4) is 0 Å². The molecule has 0 aliphatic rings. The number of benzene rings is 2. The summed E-state index contributed by atoms with van der Waals surface area (Å²) >= 11 is 0. The molecule has 2 rings (SSSR count). The Morgan fingerprint density at radius 2 is 1.89 bits per heavy atom. The van der Waals surface area contributed by atoms with E-state index in [1.54, 1.807) is 19.1 Å². The van der Waals surface area contributed by atoms with E-state index in [1.807, 2.05) is 30.3 Å². The molecule has 19 heavy (non-hydrogen) atoms. The lowest BCUT2D eigenvalue weighted by molar-refractivity contribution is -0.137. The lowest BCUT2D eigenvalue weighted by Crippen LogP contribution is -2.03. The largest absolute Gasteiger partial charge is 0.481 e. The molecule has 1 atom stereocenters. The molecule has 2 aromatic rings. The minimum Gasteiger partial charge on any atom is -0.481 e. The summed E-state index contributed by atoms with van der Waals surface area (Å²) < 4.78 is 14.1. The summed E-state index contributed by atoms with van der Waals surface area (Å²) in [6.45, 7) is 1.78. The highest BCUT2D eigenvalue weighted by atomic mass is 19.1. The van der Waals surface area contributed by atoms with Crippen LogP contribution in [-0.2, 0) is 4.79 Å². The van der Waals surface area contributed by atoms with Crippen molar-refractivity contribution < 1.29 is 14.3 Å². The highest BCUT2D eigenvalue weighted by Crippen LogP contribution is 2.27. The van der Waals surface area contributed by atoms with Gasteiger partial charge in [0.1, 0.15) is 5.82 Å². The standard InChI is InChI=1S/C16H15FO2/c1-11(9-16(18)19)13-7-8-14(15(17)10-13)12-5-3-2-4-6-12/h2-8,10-11H,9H2,1H3,(H,18,19). The molecule has 0 aliphatic heterocycles. The first-order valence-corrected chi connectivity index (χ1v) is 6.14. The Hall–Kier alpha value is -2.16. The molecule has 3 heteroatoms. The van der Waals surface area contributed by atoms with Crippen LogP contribution in [0.1, 0.15) is 24.8 Å². The minimum absolute atomic E-state index is 0.00409. The molecule has 0 bridgehead atoms. The third-order valence-electron chi connectivity index (χ3n) is 3.13. The van der Waals surface area contributed by atoms with E-state index in [4.69, 9.17) is 5.11 Å². The van der Waals surface area contributed by atoms with Gasteiger partial charge in [-0.2, -0.15) is 0 Å². The van der Waals surface area contributed by atoms with Crippen LogP contribution in [0.4, 0.5) is 4.39 Å². The minimum atomic E-state index is -0.875. The van der Waals surface area contributed by atoms with Gasteiger partial charge in [-0.05, 0) is 23.1 Å². The molecule has 98 valence electrons. The number of aliphatic carboxylic acids is 1. The molecule has 1 N–H and O–H groups in total. The van der Waals surface area contributed by atoms with Crippen LogP contribution in [0.2, 0.25) is 0 Å². The summed E-state index contributed by atoms with van der Waals surface area (Å²) in [7, 11) is 0. The predicted octanol–water partition coefficient (Wildman–Crippen LogP) is 4.07. The van der Waals surface area contributed by atoms with Crippen LogP contribution in [0.5, 0.6) is 0 Å². The zero-order valence-electron chi connectivity index (χ0n) is 10.6. The van der Waals surface area contributed by atoms with Gasteiger partial charge in [-0.1, -0.05) is 49.4 Å². The van der Waals surface area contributed by atoms with Crippen molar-refractivity contribution >= 4 is 5.97 Å². The second kappa shape index (κ2) is 5.65. The van der Waals surface area contributed by atoms with Crippen LogP contribution >= 0.6 is 0 Å². The van der Waals surface area contributed by atoms with E-state index >= 15 is 0 Å². The number of hydrogen-bond donors (Lipinski definition) is 1. The Kier molecular flexibility index (Phi) is 3.95. The van der Waals surface area contributed by atoms with E-state index in [2.05, 4.69) is 0 Å². The first-order chi connectivity index (χ1) is 9.08. The molecular weight excluding hydrogens is 243 g/mol. The van der Waals surface area contributed by atoms with Gasteiger partial charge in [-0.3, -0.25) is 4.79 Å². The average molecular weight is 258 g/mol. The van der Waals surface area contributed by atoms with Crippen molar-refractivity contribution in [2.75, 3.05) is 0 Å². The predicted molar refractivity (Wildman–Crippen MR) is 72.5 cm³/mol. The number of carboxylic acid groups (broad SMARTS) is 1. The van der Waals surface area contributed by atoms with Crippen LogP contribution in [0, 0.1) is 5.82 Å². The lowest BCUT2D eigenvalue weighted by Gasteiger charge is -2.11. The Bertz CT molecular complexity index is 579. The molecule has 0 amide bonds. The Balaban J connectivity index is 2.30. The molecule has 0 radical (unpaired) electrons. The van der Waals surface area contributed by atoms with Crippen molar-refractivity contribution in [2.24, 2.45) is 0 Å². The Morgan fingerprint density at radius 1 is 1.21 bits per heavy atom. The summed E-state index contributed by atoms with van der Waals surface area (Å²) in [6, 6.07) is 14.2. The first kappa shape index (κ1) is 13.3. The molecular formula is C16H15FO2. The molecule has 0 aliphatic carbocycles. The average Bonchev–Trinajstić information content (AvgIpc) is 2.38. The molecule has 2 nitrogen and oxygen atoms in total. The maximum Gasteiger partial charge on any atom is 0.303 e. The van der Waals surface area contributed by atoms with Gasteiger partial charge in [0.25, 0.3) is 0 Å². The van der Waals surface area contributed by atoms with Crippen molar-refractivity contribution in [2.45, 2.75) is 19.3 Å². The van der Waals surface area contributed by atoms with Crippen LogP contribution in [0.15, 0.2) is 48.5 Å². The zero-order chi connectivity index (χ0) is 13.8. The monoisotopic (exact) mass is 258 g/mol. The first-order valence-electron chi connectivity index (χ1n) is 6.14. The second-order valence-corrected chi connectivity index (χ2v) is 4.60. The normalized spacial score (nSPS) is 12.1. The number of hydrogen-bond acceptors (Lipinski definition) is 1. The highest BCUT2D eigenvalue weighted by Gasteiger charge is 2.13. The molecule has 0 fully saturated rings. The fourth-order valence-electron chi connectivity index (χ4n) is 2.07. The number of carbonyl (C=O) groups is 1. The maximum atomic E-state index is 14.1. The zero-order valence-corrected chi connectivity index (χ0v) is 10.6. The fraction of sp³-hybridized carbons (Fsp3) is 0.188. The molecule has 0 saturated heterocycles. The second-order valence-electron chi connectivity index (χ2n) is 4.60. The van der Waals surface area contributed by atoms with Gasteiger partial charge in [0.15, 0.2) is 0 Å². The van der Waals surface area contributed by atoms with Crippen molar-refractivity contribution in [1.29, 1.82) is 0 Å². The summed E-state index contributed by atoms with van der Waals surface area (Å²) in [5, 5.41) is 8.75. The Labute approximate surface area is 111 Å². The van der Waals surface area contributed by atoms with Crippen molar-refractivity contribution in [3.8, 4) is 11.1 Å². The van der Waals surface area contributed by atoms with E-state index in [0.717, 1.165) is 5.56 Å². The van der Waals surface area contributed by atoms with Gasteiger partial charge in [0.05, 0.1) is 6.42 Å². The topological polar surface area (TPSA) is 37.3 Å². The van der Waals surface area contributed by atoms with E-state index in [1.165, 1.54) is 6.07 Å². The van der Waals surface area contributed by atoms with Crippen molar-refractivity contribution in [3.05, 3.63) is 59.9 Å². The smallest absolute Gasteiger partial charge is 0.303 e. The SMILES string of the molecule is CC(CC(=O)O)c1ccc(-c2ccccc2)c(F)c1. The maximum absolute atomic E-state index is 14.1.